The molecule has 0 unspecified atom stereocenters. The second-order valence-corrected chi connectivity index (χ2v) is 15.4. The molecule has 0 saturated heterocycles. The normalized spacial score (nSPS) is 11.5. The molecule has 0 nitrogen and oxygen atoms in total. The van der Waals surface area contributed by atoms with Crippen LogP contribution in [-0.2, 0) is 34.7 Å². The molecule has 0 aliphatic heterocycles. The molecule has 0 aliphatic rings. The Bertz CT molecular complexity index is 1330. The van der Waals surface area contributed by atoms with E-state index in [1.165, 1.54) is 67.7 Å². The van der Waals surface area contributed by atoms with E-state index in [9.17, 15) is 0 Å². The number of hydrogen-bond acceptors (Lipinski definition) is 0. The van der Waals surface area contributed by atoms with Gasteiger partial charge in [-0.05, 0) is 10.8 Å². The van der Waals surface area contributed by atoms with Gasteiger partial charge in [0, 0.05) is 0 Å². The second-order valence-electron chi connectivity index (χ2n) is 11.8. The average molecular weight is 639 g/mol. The minimum atomic E-state index is 0.203. The molecule has 36 heavy (non-hydrogen) atoms. The van der Waals surface area contributed by atoms with E-state index >= 15 is 0 Å². The molecule has 184 valence electrons. The Morgan fingerprint density at radius 3 is 1.50 bits per heavy atom. The number of hydrogen-bond donors (Lipinski definition) is 0. The van der Waals surface area contributed by atoms with Gasteiger partial charge in [-0.2, -0.15) is 23.8 Å². The SMILES string of the molecule is CC(C)(C)c1ccc2c(c1)[cH-]c1cc(C(C)(C)C)ccc12.C[C](C)=[Hf+2].c1ccc(-c2ccc[cH-]2)cc1. The summed E-state index contributed by atoms with van der Waals surface area (Å²) in [6.45, 7) is 17.9. The Balaban J connectivity index is 0.000000200. The van der Waals surface area contributed by atoms with Crippen LogP contribution < -0.4 is 0 Å². The number of rotatable bonds is 1. The van der Waals surface area contributed by atoms with Gasteiger partial charge in [-0.15, -0.1) is 51.4 Å². The first-order valence-electron chi connectivity index (χ1n) is 12.8. The molecule has 0 bridgehead atoms. The summed E-state index contributed by atoms with van der Waals surface area (Å²) >= 11 is 1.27. The molecule has 0 radical (unpaired) electrons. The van der Waals surface area contributed by atoms with Crippen LogP contribution in [0.1, 0.15) is 66.5 Å². The van der Waals surface area contributed by atoms with E-state index in [0.717, 1.165) is 0 Å². The number of benzene rings is 3. The maximum Gasteiger partial charge on any atom is -0.0638 e. The summed E-state index contributed by atoms with van der Waals surface area (Å²) in [5.74, 6) is 0. The quantitative estimate of drug-likeness (QED) is 0.127. The van der Waals surface area contributed by atoms with Crippen LogP contribution in [0.3, 0.4) is 0 Å². The van der Waals surface area contributed by atoms with Gasteiger partial charge in [0.2, 0.25) is 0 Å². The van der Waals surface area contributed by atoms with E-state index in [1.807, 2.05) is 6.07 Å². The van der Waals surface area contributed by atoms with Crippen LogP contribution in [0.5, 0.6) is 0 Å². The van der Waals surface area contributed by atoms with E-state index in [1.54, 1.807) is 3.26 Å². The molecule has 0 aliphatic carbocycles. The Morgan fingerprint density at radius 2 is 1.11 bits per heavy atom. The van der Waals surface area contributed by atoms with Crippen molar-refractivity contribution in [1.82, 2.24) is 0 Å². The van der Waals surface area contributed by atoms with Crippen LogP contribution in [0.25, 0.3) is 32.7 Å². The van der Waals surface area contributed by atoms with E-state index in [4.69, 9.17) is 0 Å². The van der Waals surface area contributed by atoms with Crippen LogP contribution in [0.4, 0.5) is 0 Å². The van der Waals surface area contributed by atoms with Crippen LogP contribution in [0.2, 0.25) is 0 Å². The molecule has 5 aromatic carbocycles. The monoisotopic (exact) mass is 640 g/mol. The first-order chi connectivity index (χ1) is 16.9. The van der Waals surface area contributed by atoms with Crippen molar-refractivity contribution < 1.29 is 23.9 Å². The summed E-state index contributed by atoms with van der Waals surface area (Å²) in [7, 11) is 0. The third-order valence-electron chi connectivity index (χ3n) is 6.21. The fourth-order valence-electron chi connectivity index (χ4n) is 4.15. The molecule has 0 atom stereocenters. The fraction of sp³-hybridized carbons (Fsp3) is 0.286. The summed E-state index contributed by atoms with van der Waals surface area (Å²) in [6.07, 6.45) is 0. The Hall–Kier alpha value is -2.38. The zero-order chi connectivity index (χ0) is 26.5. The second kappa shape index (κ2) is 11.8. The molecular formula is C35H40Hf. The largest absolute Gasteiger partial charge is 0.176 e. The van der Waals surface area contributed by atoms with Crippen LogP contribution in [-0.4, -0.2) is 3.26 Å². The van der Waals surface area contributed by atoms with Crippen LogP contribution >= 0.6 is 0 Å². The first kappa shape index (κ1) is 28.2. The van der Waals surface area contributed by atoms with Crippen LogP contribution in [0.15, 0.2) is 97.1 Å². The van der Waals surface area contributed by atoms with Crippen molar-refractivity contribution in [3.8, 4) is 11.1 Å². The molecular weight excluding hydrogens is 599 g/mol. The predicted molar refractivity (Wildman–Crippen MR) is 158 cm³/mol. The molecule has 0 aromatic heterocycles. The maximum absolute atomic E-state index is 2.35. The standard InChI is InChI=1S/C21H25.C11H9.C3H6.Hf/c1-20(2,3)16-7-9-18-14(12-16)11-15-13-17(21(4,5)6)8-10-19(15)18;1-2-6-10(7-3-1)11-8-4-5-9-11;1-3-2;/h7-13H,1-6H3;1-9H;1-2H3;/q2*-1;;+2. The van der Waals surface area contributed by atoms with Gasteiger partial charge in [-0.25, -0.2) is 0 Å². The minimum Gasteiger partial charge on any atom is -0.176 e. The molecule has 0 fully saturated rings. The molecule has 0 amide bonds. The van der Waals surface area contributed by atoms with Crippen molar-refractivity contribution in [3.63, 3.8) is 0 Å². The third kappa shape index (κ3) is 7.56. The van der Waals surface area contributed by atoms with E-state index < -0.39 is 0 Å². The zero-order valence-corrected chi connectivity index (χ0v) is 26.8. The maximum atomic E-state index is 2.35. The van der Waals surface area contributed by atoms with Crippen molar-refractivity contribution >= 4 is 24.8 Å². The Kier molecular flexibility index (Phi) is 9.23. The Labute approximate surface area is 233 Å². The predicted octanol–water partition coefficient (Wildman–Crippen LogP) is 10.1. The fourth-order valence-corrected chi connectivity index (χ4v) is 4.15. The van der Waals surface area contributed by atoms with Gasteiger partial charge in [0.25, 0.3) is 0 Å². The zero-order valence-electron chi connectivity index (χ0n) is 23.2. The molecule has 0 N–H and O–H groups in total. The summed E-state index contributed by atoms with van der Waals surface area (Å²) in [5.41, 5.74) is 5.80. The van der Waals surface area contributed by atoms with Gasteiger partial charge in [0.1, 0.15) is 0 Å². The average Bonchev–Trinajstić information content (AvgIpc) is 3.46. The van der Waals surface area contributed by atoms with E-state index in [-0.39, 0.29) is 10.8 Å². The third-order valence-corrected chi connectivity index (χ3v) is 6.21. The topological polar surface area (TPSA) is 0 Å². The molecule has 5 aromatic rings. The van der Waals surface area contributed by atoms with Gasteiger partial charge < -0.3 is 0 Å². The van der Waals surface area contributed by atoms with Gasteiger partial charge in [-0.3, -0.25) is 0 Å². The Morgan fingerprint density at radius 1 is 0.639 bits per heavy atom. The first-order valence-corrected chi connectivity index (χ1v) is 14.6. The van der Waals surface area contributed by atoms with Crippen molar-refractivity contribution in [2.75, 3.05) is 0 Å². The van der Waals surface area contributed by atoms with Crippen molar-refractivity contribution in [2.24, 2.45) is 0 Å². The minimum absolute atomic E-state index is 0.203. The van der Waals surface area contributed by atoms with Crippen molar-refractivity contribution in [1.29, 1.82) is 0 Å². The summed E-state index contributed by atoms with van der Waals surface area (Å²) in [6, 6.07) is 34.9. The molecule has 0 heterocycles. The van der Waals surface area contributed by atoms with Gasteiger partial charge in [-0.1, -0.05) is 107 Å². The molecule has 1 heteroatoms. The summed E-state index contributed by atoms with van der Waals surface area (Å²) in [5, 5.41) is 5.48. The van der Waals surface area contributed by atoms with Crippen LogP contribution in [0, 0.1) is 0 Å². The van der Waals surface area contributed by atoms with Gasteiger partial charge in [0.05, 0.1) is 0 Å². The van der Waals surface area contributed by atoms with Crippen molar-refractivity contribution in [2.45, 2.75) is 66.2 Å². The number of fused-ring (bicyclic) bond motifs is 3. The summed E-state index contributed by atoms with van der Waals surface area (Å²) in [4.78, 5) is 0. The van der Waals surface area contributed by atoms with Gasteiger partial charge in [0.15, 0.2) is 0 Å². The molecule has 5 rings (SSSR count). The summed E-state index contributed by atoms with van der Waals surface area (Å²) < 4.78 is 1.56. The van der Waals surface area contributed by atoms with E-state index in [0.29, 0.717) is 0 Å². The molecule has 0 saturated carbocycles. The molecule has 0 spiro atoms. The van der Waals surface area contributed by atoms with E-state index in [2.05, 4.69) is 146 Å². The van der Waals surface area contributed by atoms with Crippen molar-refractivity contribution in [3.05, 3.63) is 108 Å². The smallest absolute Gasteiger partial charge is 0.0638 e. The van der Waals surface area contributed by atoms with Gasteiger partial charge >= 0.3 is 41.0 Å².